The number of aromatic nitrogens is 4. The van der Waals surface area contributed by atoms with E-state index >= 15 is 0 Å². The SMILES string of the molecule is COc1ccc(-c2noc(CCC(=O)NCCc3cnn(-c4ccccc4)c3)n2)cc1OC. The monoisotopic (exact) mass is 447 g/mol. The van der Waals surface area contributed by atoms with E-state index in [2.05, 4.69) is 20.6 Å². The van der Waals surface area contributed by atoms with Crippen LogP contribution < -0.4 is 14.8 Å². The predicted octanol–water partition coefficient (Wildman–Crippen LogP) is 3.23. The minimum absolute atomic E-state index is 0.0729. The lowest BCUT2D eigenvalue weighted by Gasteiger charge is -2.07. The van der Waals surface area contributed by atoms with Crippen LogP contribution in [-0.2, 0) is 17.6 Å². The van der Waals surface area contributed by atoms with Gasteiger partial charge in [-0.05, 0) is 42.3 Å². The largest absolute Gasteiger partial charge is 0.493 e. The molecule has 9 heteroatoms. The lowest BCUT2D eigenvalue weighted by molar-refractivity contribution is -0.121. The number of benzene rings is 2. The van der Waals surface area contributed by atoms with Crippen LogP contribution >= 0.6 is 0 Å². The van der Waals surface area contributed by atoms with Crippen molar-refractivity contribution in [2.24, 2.45) is 0 Å². The van der Waals surface area contributed by atoms with Crippen LogP contribution in [0.5, 0.6) is 11.5 Å². The number of aryl methyl sites for hydroxylation is 1. The second kappa shape index (κ2) is 10.4. The first-order valence-corrected chi connectivity index (χ1v) is 10.6. The molecule has 2 aromatic carbocycles. The number of amides is 1. The summed E-state index contributed by atoms with van der Waals surface area (Å²) in [5.41, 5.74) is 2.79. The van der Waals surface area contributed by atoms with Crippen LogP contribution in [0.4, 0.5) is 0 Å². The number of nitrogens with one attached hydrogen (secondary N) is 1. The third kappa shape index (κ3) is 5.57. The topological polar surface area (TPSA) is 104 Å². The van der Waals surface area contributed by atoms with Crippen molar-refractivity contribution in [2.75, 3.05) is 20.8 Å². The molecule has 170 valence electrons. The molecule has 2 heterocycles. The summed E-state index contributed by atoms with van der Waals surface area (Å²) in [5.74, 6) is 1.96. The maximum atomic E-state index is 12.2. The van der Waals surface area contributed by atoms with Crippen LogP contribution in [0.2, 0.25) is 0 Å². The van der Waals surface area contributed by atoms with Gasteiger partial charge in [0.1, 0.15) is 0 Å². The van der Waals surface area contributed by atoms with Crippen molar-refractivity contribution in [2.45, 2.75) is 19.3 Å². The van der Waals surface area contributed by atoms with E-state index in [4.69, 9.17) is 14.0 Å². The zero-order chi connectivity index (χ0) is 23.0. The van der Waals surface area contributed by atoms with Gasteiger partial charge in [0.2, 0.25) is 17.6 Å². The van der Waals surface area contributed by atoms with Crippen molar-refractivity contribution in [3.05, 3.63) is 72.4 Å². The Morgan fingerprint density at radius 1 is 1.06 bits per heavy atom. The molecule has 9 nitrogen and oxygen atoms in total. The number of methoxy groups -OCH3 is 2. The highest BCUT2D eigenvalue weighted by atomic mass is 16.5. The lowest BCUT2D eigenvalue weighted by atomic mass is 10.2. The Morgan fingerprint density at radius 3 is 2.67 bits per heavy atom. The van der Waals surface area contributed by atoms with E-state index < -0.39 is 0 Å². The fraction of sp³-hybridized carbons (Fsp3) is 0.250. The van der Waals surface area contributed by atoms with Crippen molar-refractivity contribution in [1.29, 1.82) is 0 Å². The minimum atomic E-state index is -0.0729. The highest BCUT2D eigenvalue weighted by molar-refractivity contribution is 5.76. The highest BCUT2D eigenvalue weighted by Crippen LogP contribution is 2.31. The summed E-state index contributed by atoms with van der Waals surface area (Å²) in [6.45, 7) is 0.528. The van der Waals surface area contributed by atoms with E-state index in [1.54, 1.807) is 26.4 Å². The lowest BCUT2D eigenvalue weighted by Crippen LogP contribution is -2.25. The Morgan fingerprint density at radius 2 is 1.88 bits per heavy atom. The Labute approximate surface area is 191 Å². The predicted molar refractivity (Wildman–Crippen MR) is 121 cm³/mol. The van der Waals surface area contributed by atoms with E-state index in [0.717, 1.165) is 16.8 Å². The molecule has 1 N–H and O–H groups in total. The van der Waals surface area contributed by atoms with Gasteiger partial charge in [-0.25, -0.2) is 4.68 Å². The molecule has 4 aromatic rings. The Kier molecular flexibility index (Phi) is 6.99. The average Bonchev–Trinajstić information content (AvgIpc) is 3.53. The summed E-state index contributed by atoms with van der Waals surface area (Å²) in [7, 11) is 3.14. The molecule has 0 bridgehead atoms. The maximum absolute atomic E-state index is 12.2. The van der Waals surface area contributed by atoms with E-state index in [1.807, 2.05) is 53.5 Å². The van der Waals surface area contributed by atoms with Gasteiger partial charge in [0.05, 0.1) is 26.1 Å². The molecule has 0 radical (unpaired) electrons. The highest BCUT2D eigenvalue weighted by Gasteiger charge is 2.13. The van der Waals surface area contributed by atoms with Crippen LogP contribution in [0.15, 0.2) is 65.4 Å². The molecule has 0 aliphatic rings. The number of hydrogen-bond donors (Lipinski definition) is 1. The van der Waals surface area contributed by atoms with Gasteiger partial charge in [-0.2, -0.15) is 10.1 Å². The third-order valence-electron chi connectivity index (χ3n) is 5.07. The second-order valence-corrected chi connectivity index (χ2v) is 7.31. The summed E-state index contributed by atoms with van der Waals surface area (Å²) in [4.78, 5) is 16.6. The fourth-order valence-corrected chi connectivity index (χ4v) is 3.32. The van der Waals surface area contributed by atoms with Gasteiger partial charge in [-0.15, -0.1) is 0 Å². The van der Waals surface area contributed by atoms with Gasteiger partial charge in [-0.3, -0.25) is 4.79 Å². The van der Waals surface area contributed by atoms with Gasteiger partial charge in [0.15, 0.2) is 11.5 Å². The van der Waals surface area contributed by atoms with Crippen molar-refractivity contribution in [1.82, 2.24) is 25.2 Å². The number of carbonyl (C=O) groups excluding carboxylic acids is 1. The number of nitrogens with zero attached hydrogens (tertiary/aromatic N) is 4. The van der Waals surface area contributed by atoms with Crippen molar-refractivity contribution < 1.29 is 18.8 Å². The summed E-state index contributed by atoms with van der Waals surface area (Å²) in [6, 6.07) is 15.3. The van der Waals surface area contributed by atoms with Gasteiger partial charge in [-0.1, -0.05) is 23.4 Å². The van der Waals surface area contributed by atoms with Gasteiger partial charge in [0, 0.05) is 31.1 Å². The van der Waals surface area contributed by atoms with E-state index in [-0.39, 0.29) is 12.3 Å². The number of ether oxygens (including phenoxy) is 2. The molecule has 0 aliphatic heterocycles. The summed E-state index contributed by atoms with van der Waals surface area (Å²) < 4.78 is 17.7. The number of carbonyl (C=O) groups is 1. The summed E-state index contributed by atoms with van der Waals surface area (Å²) in [5, 5.41) is 11.3. The molecule has 0 fully saturated rings. The number of para-hydroxylation sites is 1. The zero-order valence-electron chi connectivity index (χ0n) is 18.5. The van der Waals surface area contributed by atoms with E-state index in [0.29, 0.717) is 42.6 Å². The summed E-state index contributed by atoms with van der Waals surface area (Å²) >= 11 is 0. The van der Waals surface area contributed by atoms with Crippen LogP contribution in [0, 0.1) is 0 Å². The maximum Gasteiger partial charge on any atom is 0.227 e. The third-order valence-corrected chi connectivity index (χ3v) is 5.07. The Balaban J connectivity index is 1.24. The standard InChI is InChI=1S/C24H25N5O4/c1-31-20-9-8-18(14-21(20)32-2)24-27-23(33-28-24)11-10-22(30)25-13-12-17-15-26-29(16-17)19-6-4-3-5-7-19/h3-9,14-16H,10-13H2,1-2H3,(H,25,30). The van der Waals surface area contributed by atoms with Gasteiger partial charge in [0.25, 0.3) is 0 Å². The van der Waals surface area contributed by atoms with Crippen LogP contribution in [0.25, 0.3) is 17.1 Å². The molecule has 1 amide bonds. The Bertz CT molecular complexity index is 1200. The van der Waals surface area contributed by atoms with E-state index in [1.165, 1.54) is 0 Å². The second-order valence-electron chi connectivity index (χ2n) is 7.31. The molecule has 2 aromatic heterocycles. The molecular formula is C24H25N5O4. The van der Waals surface area contributed by atoms with Crippen LogP contribution in [0.1, 0.15) is 17.9 Å². The molecule has 4 rings (SSSR count). The van der Waals surface area contributed by atoms with Gasteiger partial charge >= 0.3 is 0 Å². The molecular weight excluding hydrogens is 422 g/mol. The molecule has 33 heavy (non-hydrogen) atoms. The quantitative estimate of drug-likeness (QED) is 0.398. The van der Waals surface area contributed by atoms with Crippen LogP contribution in [0.3, 0.4) is 0 Å². The van der Waals surface area contributed by atoms with Crippen LogP contribution in [-0.4, -0.2) is 46.6 Å². The molecule has 0 saturated carbocycles. The van der Waals surface area contributed by atoms with Crippen molar-refractivity contribution in [3.8, 4) is 28.6 Å². The number of hydrogen-bond acceptors (Lipinski definition) is 7. The average molecular weight is 447 g/mol. The molecule has 0 atom stereocenters. The van der Waals surface area contributed by atoms with Gasteiger partial charge < -0.3 is 19.3 Å². The normalized spacial score (nSPS) is 10.7. The molecule has 0 saturated heterocycles. The first kappa shape index (κ1) is 22.1. The van der Waals surface area contributed by atoms with E-state index in [9.17, 15) is 4.79 Å². The molecule has 0 aliphatic carbocycles. The smallest absolute Gasteiger partial charge is 0.227 e. The number of rotatable bonds is 10. The molecule has 0 spiro atoms. The minimum Gasteiger partial charge on any atom is -0.493 e. The fourth-order valence-electron chi connectivity index (χ4n) is 3.32. The van der Waals surface area contributed by atoms with Crippen molar-refractivity contribution >= 4 is 5.91 Å². The first-order valence-electron chi connectivity index (χ1n) is 10.6. The summed E-state index contributed by atoms with van der Waals surface area (Å²) in [6.07, 6.45) is 5.10. The zero-order valence-corrected chi connectivity index (χ0v) is 18.5. The molecule has 0 unspecified atom stereocenters. The van der Waals surface area contributed by atoms with Crippen molar-refractivity contribution in [3.63, 3.8) is 0 Å². The first-order chi connectivity index (χ1) is 16.2. The Hall–Kier alpha value is -4.14.